The van der Waals surface area contributed by atoms with Gasteiger partial charge in [0.25, 0.3) is 0 Å². The van der Waals surface area contributed by atoms with E-state index in [0.717, 1.165) is 63.7 Å². The summed E-state index contributed by atoms with van der Waals surface area (Å²) < 4.78 is 7.72. The lowest BCUT2D eigenvalue weighted by Crippen LogP contribution is -2.49. The molecule has 0 amide bonds. The topological polar surface area (TPSA) is 36.2 Å². The van der Waals surface area contributed by atoms with Crippen LogP contribution in [0.2, 0.25) is 0 Å². The fourth-order valence-corrected chi connectivity index (χ4v) is 4.72. The molecular formula is C25H33N5O. The zero-order valence-electron chi connectivity index (χ0n) is 18.3. The van der Waals surface area contributed by atoms with Gasteiger partial charge in [-0.1, -0.05) is 36.4 Å². The molecule has 0 saturated carbocycles. The van der Waals surface area contributed by atoms with Gasteiger partial charge in [0.1, 0.15) is 5.65 Å². The minimum Gasteiger partial charge on any atom is -0.379 e. The third-order valence-electron chi connectivity index (χ3n) is 6.64. The van der Waals surface area contributed by atoms with E-state index in [1.807, 2.05) is 0 Å². The van der Waals surface area contributed by atoms with E-state index >= 15 is 0 Å². The number of pyridine rings is 1. The Morgan fingerprint density at radius 1 is 0.710 bits per heavy atom. The number of piperazine rings is 1. The summed E-state index contributed by atoms with van der Waals surface area (Å²) in [6, 6.07) is 16.9. The largest absolute Gasteiger partial charge is 0.379 e. The van der Waals surface area contributed by atoms with Crippen LogP contribution in [0.3, 0.4) is 0 Å². The molecule has 0 radical (unpaired) electrons. The molecule has 31 heavy (non-hydrogen) atoms. The molecule has 5 rings (SSSR count). The fourth-order valence-electron chi connectivity index (χ4n) is 4.72. The van der Waals surface area contributed by atoms with Crippen molar-refractivity contribution in [3.05, 3.63) is 60.4 Å². The third-order valence-corrected chi connectivity index (χ3v) is 6.64. The smallest absolute Gasteiger partial charge is 0.137 e. The van der Waals surface area contributed by atoms with E-state index in [2.05, 4.69) is 73.8 Å². The SMILES string of the molecule is c1ccc(-c2nc3ccccn3c2CCN2CCN(CCN3CCOCC3)CC2)cc1. The van der Waals surface area contributed by atoms with E-state index in [9.17, 15) is 0 Å². The minimum atomic E-state index is 0.891. The van der Waals surface area contributed by atoms with Gasteiger partial charge in [-0.25, -0.2) is 4.98 Å². The van der Waals surface area contributed by atoms with Crippen molar-refractivity contribution in [1.29, 1.82) is 0 Å². The van der Waals surface area contributed by atoms with E-state index in [4.69, 9.17) is 9.72 Å². The summed E-state index contributed by atoms with van der Waals surface area (Å²) in [6.07, 6.45) is 3.16. The van der Waals surface area contributed by atoms with Crippen LogP contribution in [0.15, 0.2) is 54.7 Å². The Morgan fingerprint density at radius 3 is 2.10 bits per heavy atom. The highest BCUT2D eigenvalue weighted by Gasteiger charge is 2.20. The van der Waals surface area contributed by atoms with Crippen LogP contribution in [0.4, 0.5) is 0 Å². The first-order valence-corrected chi connectivity index (χ1v) is 11.6. The van der Waals surface area contributed by atoms with E-state index in [-0.39, 0.29) is 0 Å². The highest BCUT2D eigenvalue weighted by molar-refractivity contribution is 5.66. The van der Waals surface area contributed by atoms with E-state index in [0.29, 0.717) is 0 Å². The van der Waals surface area contributed by atoms with Crippen molar-refractivity contribution in [2.75, 3.05) is 72.1 Å². The quantitative estimate of drug-likeness (QED) is 0.588. The molecule has 2 saturated heterocycles. The summed E-state index contributed by atoms with van der Waals surface area (Å²) in [7, 11) is 0. The van der Waals surface area contributed by atoms with Gasteiger partial charge in [-0.2, -0.15) is 0 Å². The molecule has 2 aliphatic heterocycles. The number of benzene rings is 1. The normalized spacial score (nSPS) is 19.2. The first-order chi connectivity index (χ1) is 15.4. The lowest BCUT2D eigenvalue weighted by atomic mass is 10.1. The van der Waals surface area contributed by atoms with Gasteiger partial charge in [-0.15, -0.1) is 0 Å². The van der Waals surface area contributed by atoms with Gasteiger partial charge < -0.3 is 14.0 Å². The van der Waals surface area contributed by atoms with Gasteiger partial charge in [0.05, 0.1) is 24.6 Å². The number of morpholine rings is 1. The zero-order valence-corrected chi connectivity index (χ0v) is 18.3. The van der Waals surface area contributed by atoms with Crippen LogP contribution < -0.4 is 0 Å². The molecule has 6 nitrogen and oxygen atoms in total. The van der Waals surface area contributed by atoms with Gasteiger partial charge in [0, 0.05) is 77.1 Å². The number of hydrogen-bond donors (Lipinski definition) is 0. The molecule has 164 valence electrons. The van der Waals surface area contributed by atoms with Gasteiger partial charge in [-0.3, -0.25) is 9.80 Å². The van der Waals surface area contributed by atoms with Crippen LogP contribution in [0, 0.1) is 0 Å². The highest BCUT2D eigenvalue weighted by atomic mass is 16.5. The van der Waals surface area contributed by atoms with E-state index < -0.39 is 0 Å². The van der Waals surface area contributed by atoms with Crippen molar-refractivity contribution < 1.29 is 4.74 Å². The molecule has 6 heteroatoms. The molecule has 0 spiro atoms. The second kappa shape index (κ2) is 9.92. The molecule has 1 aromatic carbocycles. The van der Waals surface area contributed by atoms with E-state index in [1.165, 1.54) is 37.4 Å². The average Bonchev–Trinajstić information content (AvgIpc) is 3.22. The van der Waals surface area contributed by atoms with Crippen molar-refractivity contribution in [3.63, 3.8) is 0 Å². The maximum atomic E-state index is 5.46. The molecule has 0 unspecified atom stereocenters. The Bertz CT molecular complexity index is 958. The van der Waals surface area contributed by atoms with Gasteiger partial charge in [-0.05, 0) is 12.1 Å². The number of aromatic nitrogens is 2. The first-order valence-electron chi connectivity index (χ1n) is 11.6. The zero-order chi connectivity index (χ0) is 20.9. The van der Waals surface area contributed by atoms with Crippen LogP contribution in [0.25, 0.3) is 16.9 Å². The monoisotopic (exact) mass is 419 g/mol. The molecule has 2 aromatic heterocycles. The first kappa shape index (κ1) is 20.6. The van der Waals surface area contributed by atoms with Crippen molar-refractivity contribution in [1.82, 2.24) is 24.1 Å². The lowest BCUT2D eigenvalue weighted by molar-refractivity contribution is 0.0300. The molecule has 3 aromatic rings. The Morgan fingerprint density at radius 2 is 1.35 bits per heavy atom. The Kier molecular flexibility index (Phi) is 6.60. The summed E-state index contributed by atoms with van der Waals surface area (Å²) in [5, 5.41) is 0. The predicted molar refractivity (Wildman–Crippen MR) is 124 cm³/mol. The lowest BCUT2D eigenvalue weighted by Gasteiger charge is -2.36. The minimum absolute atomic E-state index is 0.891. The standard InChI is InChI=1S/C25H33N5O/c1-2-6-22(7-3-1)25-23(30-10-5-4-8-24(30)26-25)9-11-27-12-14-28(15-13-27)16-17-29-18-20-31-21-19-29/h1-8,10H,9,11-21H2. The van der Waals surface area contributed by atoms with Crippen molar-refractivity contribution in [3.8, 4) is 11.3 Å². The number of ether oxygens (including phenoxy) is 1. The van der Waals surface area contributed by atoms with Crippen LogP contribution in [0.5, 0.6) is 0 Å². The summed E-state index contributed by atoms with van der Waals surface area (Å²) in [5.74, 6) is 0. The average molecular weight is 420 g/mol. The van der Waals surface area contributed by atoms with Crippen molar-refractivity contribution in [2.24, 2.45) is 0 Å². The number of hydrogen-bond acceptors (Lipinski definition) is 5. The molecule has 0 bridgehead atoms. The van der Waals surface area contributed by atoms with Crippen LogP contribution in [-0.4, -0.2) is 96.2 Å². The fraction of sp³-hybridized carbons (Fsp3) is 0.480. The highest BCUT2D eigenvalue weighted by Crippen LogP contribution is 2.25. The Labute approximate surface area is 185 Å². The Hall–Kier alpha value is -2.25. The van der Waals surface area contributed by atoms with Crippen LogP contribution >= 0.6 is 0 Å². The molecule has 0 aliphatic carbocycles. The van der Waals surface area contributed by atoms with Gasteiger partial charge in [0.2, 0.25) is 0 Å². The second-order valence-corrected chi connectivity index (χ2v) is 8.59. The molecule has 0 N–H and O–H groups in total. The predicted octanol–water partition coefficient (Wildman–Crippen LogP) is 2.49. The maximum Gasteiger partial charge on any atom is 0.137 e. The molecule has 0 atom stereocenters. The number of imidazole rings is 1. The summed E-state index contributed by atoms with van der Waals surface area (Å²) >= 11 is 0. The molecule has 2 aliphatic rings. The number of nitrogens with zero attached hydrogens (tertiary/aromatic N) is 5. The van der Waals surface area contributed by atoms with Crippen molar-refractivity contribution >= 4 is 5.65 Å². The third kappa shape index (κ3) is 4.99. The molecule has 2 fully saturated rings. The Balaban J connectivity index is 1.18. The van der Waals surface area contributed by atoms with Crippen LogP contribution in [0.1, 0.15) is 5.69 Å². The van der Waals surface area contributed by atoms with Crippen LogP contribution in [-0.2, 0) is 11.2 Å². The number of rotatable bonds is 7. The molecule has 4 heterocycles. The summed E-state index contributed by atoms with van der Waals surface area (Å²) in [6.45, 7) is 12.0. The van der Waals surface area contributed by atoms with Crippen molar-refractivity contribution in [2.45, 2.75) is 6.42 Å². The molecular weight excluding hydrogens is 386 g/mol. The van der Waals surface area contributed by atoms with E-state index in [1.54, 1.807) is 0 Å². The summed E-state index contributed by atoms with van der Waals surface area (Å²) in [4.78, 5) is 12.7. The van der Waals surface area contributed by atoms with Gasteiger partial charge in [0.15, 0.2) is 0 Å². The number of fused-ring (bicyclic) bond motifs is 1. The van der Waals surface area contributed by atoms with Gasteiger partial charge >= 0.3 is 0 Å². The second-order valence-electron chi connectivity index (χ2n) is 8.59. The maximum absolute atomic E-state index is 5.46. The summed E-state index contributed by atoms with van der Waals surface area (Å²) in [5.41, 5.74) is 4.67.